The summed E-state index contributed by atoms with van der Waals surface area (Å²) in [5.74, 6) is 1.49. The molecule has 2 unspecified atom stereocenters. The maximum absolute atomic E-state index is 5.93. The highest BCUT2D eigenvalue weighted by atomic mass is 16.5. The van der Waals surface area contributed by atoms with Crippen molar-refractivity contribution in [1.82, 2.24) is 4.98 Å². The van der Waals surface area contributed by atoms with Crippen LogP contribution in [0, 0.1) is 5.92 Å². The van der Waals surface area contributed by atoms with Crippen molar-refractivity contribution < 1.29 is 4.74 Å². The van der Waals surface area contributed by atoms with Crippen LogP contribution in [0.1, 0.15) is 13.3 Å². The molecule has 0 radical (unpaired) electrons. The minimum Gasteiger partial charge on any atom is -0.396 e. The molecule has 16 heavy (non-hydrogen) atoms. The SMILES string of the molecule is COC1CN(c2ncccc2N)CCC1C. The largest absolute Gasteiger partial charge is 0.396 e. The number of methoxy groups -OCH3 is 1. The van der Waals surface area contributed by atoms with Crippen LogP contribution in [-0.4, -0.2) is 31.3 Å². The lowest BCUT2D eigenvalue weighted by molar-refractivity contribution is 0.0497. The van der Waals surface area contributed by atoms with Gasteiger partial charge in [0.1, 0.15) is 0 Å². The van der Waals surface area contributed by atoms with E-state index in [0.717, 1.165) is 31.0 Å². The Morgan fingerprint density at radius 1 is 1.56 bits per heavy atom. The summed E-state index contributed by atoms with van der Waals surface area (Å²) in [6.45, 7) is 4.11. The van der Waals surface area contributed by atoms with Gasteiger partial charge in [0.25, 0.3) is 0 Å². The van der Waals surface area contributed by atoms with Gasteiger partial charge >= 0.3 is 0 Å². The van der Waals surface area contributed by atoms with Crippen LogP contribution in [0.5, 0.6) is 0 Å². The van der Waals surface area contributed by atoms with E-state index in [9.17, 15) is 0 Å². The summed E-state index contributed by atoms with van der Waals surface area (Å²) in [5.41, 5.74) is 6.67. The second kappa shape index (κ2) is 4.70. The molecular formula is C12H19N3O. The minimum atomic E-state index is 0.273. The van der Waals surface area contributed by atoms with E-state index in [0.29, 0.717) is 5.92 Å². The number of ether oxygens (including phenoxy) is 1. The Morgan fingerprint density at radius 3 is 3.06 bits per heavy atom. The number of nitrogen functional groups attached to an aromatic ring is 1. The molecule has 2 heterocycles. The van der Waals surface area contributed by atoms with Crippen LogP contribution in [-0.2, 0) is 4.74 Å². The van der Waals surface area contributed by atoms with Gasteiger partial charge in [0.15, 0.2) is 5.82 Å². The first-order chi connectivity index (χ1) is 7.72. The van der Waals surface area contributed by atoms with Gasteiger partial charge in [-0.05, 0) is 24.5 Å². The van der Waals surface area contributed by atoms with E-state index < -0.39 is 0 Å². The van der Waals surface area contributed by atoms with Crippen LogP contribution in [0.2, 0.25) is 0 Å². The van der Waals surface area contributed by atoms with Gasteiger partial charge < -0.3 is 15.4 Å². The van der Waals surface area contributed by atoms with E-state index in [-0.39, 0.29) is 6.10 Å². The average Bonchev–Trinajstić information content (AvgIpc) is 2.31. The van der Waals surface area contributed by atoms with Crippen molar-refractivity contribution in [2.24, 2.45) is 5.92 Å². The lowest BCUT2D eigenvalue weighted by Crippen LogP contribution is -2.44. The van der Waals surface area contributed by atoms with Crippen molar-refractivity contribution in [3.63, 3.8) is 0 Å². The summed E-state index contributed by atoms with van der Waals surface area (Å²) in [7, 11) is 1.77. The molecule has 0 bridgehead atoms. The number of aromatic nitrogens is 1. The van der Waals surface area contributed by atoms with Crippen molar-refractivity contribution in [1.29, 1.82) is 0 Å². The zero-order valence-corrected chi connectivity index (χ0v) is 9.89. The third kappa shape index (κ3) is 2.11. The normalized spacial score (nSPS) is 25.8. The maximum atomic E-state index is 5.93. The van der Waals surface area contributed by atoms with E-state index in [1.54, 1.807) is 13.3 Å². The molecular weight excluding hydrogens is 202 g/mol. The van der Waals surface area contributed by atoms with Crippen LogP contribution < -0.4 is 10.6 Å². The molecule has 0 amide bonds. The monoisotopic (exact) mass is 221 g/mol. The molecule has 1 aliphatic heterocycles. The van der Waals surface area contributed by atoms with Crippen molar-refractivity contribution in [2.45, 2.75) is 19.4 Å². The molecule has 0 spiro atoms. The molecule has 1 fully saturated rings. The first-order valence-electron chi connectivity index (χ1n) is 5.70. The standard InChI is InChI=1S/C12H19N3O/c1-9-5-7-15(8-11(9)16-2)12-10(13)4-3-6-14-12/h3-4,6,9,11H,5,7-8,13H2,1-2H3. The van der Waals surface area contributed by atoms with Crippen LogP contribution in [0.4, 0.5) is 11.5 Å². The number of rotatable bonds is 2. The van der Waals surface area contributed by atoms with Gasteiger partial charge in [-0.15, -0.1) is 0 Å². The van der Waals surface area contributed by atoms with Crippen LogP contribution in [0.15, 0.2) is 18.3 Å². The molecule has 1 saturated heterocycles. The van der Waals surface area contributed by atoms with Gasteiger partial charge in [-0.2, -0.15) is 0 Å². The number of hydrogen-bond acceptors (Lipinski definition) is 4. The van der Waals surface area contributed by atoms with Gasteiger partial charge in [0, 0.05) is 26.4 Å². The molecule has 2 N–H and O–H groups in total. The smallest absolute Gasteiger partial charge is 0.151 e. The second-order valence-corrected chi connectivity index (χ2v) is 4.40. The van der Waals surface area contributed by atoms with E-state index in [1.807, 2.05) is 12.1 Å². The van der Waals surface area contributed by atoms with Gasteiger partial charge in [0.2, 0.25) is 0 Å². The van der Waals surface area contributed by atoms with E-state index in [1.165, 1.54) is 0 Å². The topological polar surface area (TPSA) is 51.4 Å². The zero-order chi connectivity index (χ0) is 11.5. The van der Waals surface area contributed by atoms with E-state index in [2.05, 4.69) is 16.8 Å². The fourth-order valence-electron chi connectivity index (χ4n) is 2.21. The Kier molecular flexibility index (Phi) is 3.29. The molecule has 88 valence electrons. The lowest BCUT2D eigenvalue weighted by Gasteiger charge is -2.37. The Hall–Kier alpha value is -1.29. The molecule has 4 nitrogen and oxygen atoms in total. The summed E-state index contributed by atoms with van der Waals surface area (Å²) in [4.78, 5) is 6.55. The third-order valence-corrected chi connectivity index (χ3v) is 3.31. The highest BCUT2D eigenvalue weighted by Gasteiger charge is 2.27. The molecule has 1 aliphatic rings. The molecule has 1 aromatic heterocycles. The molecule has 0 aromatic carbocycles. The number of nitrogens with two attached hydrogens (primary N) is 1. The van der Waals surface area contributed by atoms with Gasteiger partial charge in [0.05, 0.1) is 11.8 Å². The van der Waals surface area contributed by atoms with E-state index in [4.69, 9.17) is 10.5 Å². The molecule has 1 aromatic rings. The molecule has 0 aliphatic carbocycles. The molecule has 0 saturated carbocycles. The highest BCUT2D eigenvalue weighted by Crippen LogP contribution is 2.26. The number of anilines is 2. The predicted octanol–water partition coefficient (Wildman–Crippen LogP) is 1.52. The molecule has 2 atom stereocenters. The Labute approximate surface area is 96.4 Å². The number of pyridine rings is 1. The third-order valence-electron chi connectivity index (χ3n) is 3.31. The molecule has 2 rings (SSSR count). The van der Waals surface area contributed by atoms with Crippen molar-refractivity contribution >= 4 is 11.5 Å². The highest BCUT2D eigenvalue weighted by molar-refractivity contribution is 5.62. The minimum absolute atomic E-state index is 0.273. The fourth-order valence-corrected chi connectivity index (χ4v) is 2.21. The van der Waals surface area contributed by atoms with E-state index >= 15 is 0 Å². The summed E-state index contributed by atoms with van der Waals surface area (Å²) < 4.78 is 5.48. The Bertz CT molecular complexity index is 356. The van der Waals surface area contributed by atoms with Crippen molar-refractivity contribution in [3.8, 4) is 0 Å². The van der Waals surface area contributed by atoms with Crippen LogP contribution in [0.3, 0.4) is 0 Å². The first kappa shape index (κ1) is 11.2. The van der Waals surface area contributed by atoms with Gasteiger partial charge in [-0.25, -0.2) is 4.98 Å². The maximum Gasteiger partial charge on any atom is 0.151 e. The second-order valence-electron chi connectivity index (χ2n) is 4.40. The van der Waals surface area contributed by atoms with Gasteiger partial charge in [-0.3, -0.25) is 0 Å². The quantitative estimate of drug-likeness (QED) is 0.822. The first-order valence-corrected chi connectivity index (χ1v) is 5.70. The number of nitrogens with zero attached hydrogens (tertiary/aromatic N) is 2. The number of piperidine rings is 1. The van der Waals surface area contributed by atoms with Crippen molar-refractivity contribution in [3.05, 3.63) is 18.3 Å². The Morgan fingerprint density at radius 2 is 2.38 bits per heavy atom. The predicted molar refractivity (Wildman–Crippen MR) is 65.4 cm³/mol. The van der Waals surface area contributed by atoms with Crippen molar-refractivity contribution in [2.75, 3.05) is 30.8 Å². The van der Waals surface area contributed by atoms with Crippen LogP contribution in [0.25, 0.3) is 0 Å². The summed E-state index contributed by atoms with van der Waals surface area (Å²) in [5, 5.41) is 0. The average molecular weight is 221 g/mol. The summed E-state index contributed by atoms with van der Waals surface area (Å²) in [6.07, 6.45) is 3.18. The lowest BCUT2D eigenvalue weighted by atomic mass is 9.96. The Balaban J connectivity index is 2.14. The zero-order valence-electron chi connectivity index (χ0n) is 9.89. The fraction of sp³-hybridized carbons (Fsp3) is 0.583. The van der Waals surface area contributed by atoms with Crippen LogP contribution >= 0.6 is 0 Å². The van der Waals surface area contributed by atoms with Gasteiger partial charge in [-0.1, -0.05) is 6.92 Å². The summed E-state index contributed by atoms with van der Waals surface area (Å²) >= 11 is 0. The molecule has 4 heteroatoms. The number of hydrogen-bond donors (Lipinski definition) is 1. The summed E-state index contributed by atoms with van der Waals surface area (Å²) in [6, 6.07) is 3.75.